The number of amides is 1. The highest BCUT2D eigenvalue weighted by molar-refractivity contribution is 8.21. The lowest BCUT2D eigenvalue weighted by Crippen LogP contribution is -2.27. The lowest BCUT2D eigenvalue weighted by Gasteiger charge is -2.23. The fraction of sp³-hybridized carbons (Fsp3) is 0.531. The van der Waals surface area contributed by atoms with Crippen molar-refractivity contribution in [3.63, 3.8) is 0 Å². The van der Waals surface area contributed by atoms with Crippen LogP contribution in [0.25, 0.3) is 0 Å². The number of rotatable bonds is 18. The molecule has 12 nitrogen and oxygen atoms in total. The van der Waals surface area contributed by atoms with Gasteiger partial charge in [0.05, 0.1) is 29.4 Å². The van der Waals surface area contributed by atoms with Crippen LogP contribution in [0.2, 0.25) is 0 Å². The third kappa shape index (κ3) is 13.2. The number of likely N-dealkylation sites (N-methyl/N-ethyl adjacent to an activating group) is 2. The molecule has 1 N–H and O–H groups in total. The van der Waals surface area contributed by atoms with Gasteiger partial charge in [-0.15, -0.1) is 0 Å². The van der Waals surface area contributed by atoms with Gasteiger partial charge in [-0.1, -0.05) is 0 Å². The molecular weight excluding hydrogens is 633 g/mol. The summed E-state index contributed by atoms with van der Waals surface area (Å²) >= 11 is 0. The van der Waals surface area contributed by atoms with Crippen molar-refractivity contribution in [3.05, 3.63) is 47.5 Å². The lowest BCUT2D eigenvalue weighted by molar-refractivity contribution is 0.179. The van der Waals surface area contributed by atoms with Gasteiger partial charge in [0.2, 0.25) is 9.84 Å². The Balaban J connectivity index is 1.93. The first-order chi connectivity index (χ1) is 21.7. The van der Waals surface area contributed by atoms with E-state index in [-0.39, 0.29) is 12.4 Å². The molecule has 46 heavy (non-hydrogen) atoms. The second-order valence-corrected chi connectivity index (χ2v) is 15.7. The van der Waals surface area contributed by atoms with Crippen LogP contribution in [-0.2, 0) is 38.3 Å². The van der Waals surface area contributed by atoms with Gasteiger partial charge in [0.1, 0.15) is 6.61 Å². The summed E-state index contributed by atoms with van der Waals surface area (Å²) in [4.78, 5) is 21.2. The smallest absolute Gasteiger partial charge is 0.412 e. The quantitative estimate of drug-likeness (QED) is 0.135. The Morgan fingerprint density at radius 2 is 1.43 bits per heavy atom. The predicted octanol–water partition coefficient (Wildman–Crippen LogP) is 4.61. The summed E-state index contributed by atoms with van der Waals surface area (Å²) in [6.45, 7) is 13.9. The SMILES string of the molecule is CCN(CCOC)c1ccc(N=C(C)OCCS(C)(=O)=CS(=O)(=O)COC(=O)Nc2ccc(N(CC)CCOC)cc2C)c(C)c1. The Bertz CT molecular complexity index is 1550. The molecule has 1 unspecified atom stereocenters. The number of methoxy groups -OCH3 is 2. The molecule has 1 atom stereocenters. The van der Waals surface area contributed by atoms with Gasteiger partial charge in [-0.25, -0.2) is 18.2 Å². The average Bonchev–Trinajstić information content (AvgIpc) is 2.99. The largest absolute Gasteiger partial charge is 0.480 e. The molecule has 0 saturated carbocycles. The van der Waals surface area contributed by atoms with Gasteiger partial charge in [-0.2, -0.15) is 0 Å². The number of aliphatic imine (C=N–C) groups is 1. The number of carbonyl (C=O) groups is 1. The number of hydrogen-bond acceptors (Lipinski definition) is 11. The number of benzene rings is 2. The zero-order valence-corrected chi connectivity index (χ0v) is 30.0. The molecule has 0 aliphatic carbocycles. The summed E-state index contributed by atoms with van der Waals surface area (Å²) in [6, 6.07) is 11.5. The number of carbonyl (C=O) groups excluding carboxylic acids is 1. The van der Waals surface area contributed by atoms with E-state index in [4.69, 9.17) is 18.9 Å². The second-order valence-electron chi connectivity index (χ2n) is 10.8. The molecule has 0 aliphatic heterocycles. The van der Waals surface area contributed by atoms with Crippen molar-refractivity contribution in [2.75, 3.05) is 93.3 Å². The van der Waals surface area contributed by atoms with Crippen molar-refractivity contribution < 1.29 is 36.4 Å². The number of sulfone groups is 1. The van der Waals surface area contributed by atoms with E-state index in [9.17, 15) is 17.4 Å². The van der Waals surface area contributed by atoms with E-state index in [0.29, 0.717) is 24.8 Å². The summed E-state index contributed by atoms with van der Waals surface area (Å²) in [6.07, 6.45) is 0.391. The van der Waals surface area contributed by atoms with Crippen LogP contribution >= 0.6 is 0 Å². The first kappa shape index (κ1) is 38.9. The molecule has 0 spiro atoms. The lowest BCUT2D eigenvalue weighted by atomic mass is 10.1. The van der Waals surface area contributed by atoms with E-state index in [2.05, 4.69) is 33.1 Å². The van der Waals surface area contributed by atoms with Crippen molar-refractivity contribution in [1.82, 2.24) is 0 Å². The predicted molar refractivity (Wildman–Crippen MR) is 189 cm³/mol. The fourth-order valence-corrected chi connectivity index (χ4v) is 8.29. The molecule has 0 bridgehead atoms. The summed E-state index contributed by atoms with van der Waals surface area (Å²) < 4.78 is 59.9. The topological polar surface area (TPSA) is 136 Å². The van der Waals surface area contributed by atoms with Crippen molar-refractivity contribution in [2.24, 2.45) is 4.99 Å². The summed E-state index contributed by atoms with van der Waals surface area (Å²) in [7, 11) is -3.73. The van der Waals surface area contributed by atoms with E-state index in [1.165, 1.54) is 6.26 Å². The van der Waals surface area contributed by atoms with Crippen LogP contribution in [-0.4, -0.2) is 107 Å². The zero-order valence-electron chi connectivity index (χ0n) is 28.3. The molecule has 0 aromatic heterocycles. The molecule has 2 rings (SSSR count). The average molecular weight is 683 g/mol. The van der Waals surface area contributed by atoms with E-state index in [1.54, 1.807) is 27.2 Å². The molecule has 2 aromatic carbocycles. The first-order valence-corrected chi connectivity index (χ1v) is 19.0. The third-order valence-corrected chi connectivity index (χ3v) is 11.3. The van der Waals surface area contributed by atoms with Crippen LogP contribution < -0.4 is 15.1 Å². The van der Waals surface area contributed by atoms with Gasteiger partial charge in [-0.3, -0.25) is 9.53 Å². The van der Waals surface area contributed by atoms with Crippen molar-refractivity contribution in [2.45, 2.75) is 34.6 Å². The Labute approximate surface area is 275 Å². The molecule has 0 saturated heterocycles. The van der Waals surface area contributed by atoms with Crippen LogP contribution in [0.4, 0.5) is 27.5 Å². The normalized spacial score (nSPS) is 13.1. The van der Waals surface area contributed by atoms with Crippen molar-refractivity contribution >= 4 is 58.8 Å². The summed E-state index contributed by atoms with van der Waals surface area (Å²) in [5.41, 5.74) is 5.01. The molecule has 0 radical (unpaired) electrons. The van der Waals surface area contributed by atoms with Gasteiger partial charge in [-0.05, 0) is 84.7 Å². The number of nitrogens with zero attached hydrogens (tertiary/aromatic N) is 3. The maximum Gasteiger partial charge on any atom is 0.412 e. The monoisotopic (exact) mass is 682 g/mol. The van der Waals surface area contributed by atoms with Crippen LogP contribution in [0, 0.1) is 13.8 Å². The molecule has 0 heterocycles. The highest BCUT2D eigenvalue weighted by Gasteiger charge is 2.17. The maximum atomic E-state index is 13.0. The Morgan fingerprint density at radius 1 is 0.870 bits per heavy atom. The van der Waals surface area contributed by atoms with Crippen LogP contribution in [0.1, 0.15) is 31.9 Å². The molecule has 0 aliphatic rings. The van der Waals surface area contributed by atoms with Crippen LogP contribution in [0.3, 0.4) is 0 Å². The Morgan fingerprint density at radius 3 is 1.96 bits per heavy atom. The molecule has 258 valence electrons. The van der Waals surface area contributed by atoms with Crippen LogP contribution in [0.5, 0.6) is 0 Å². The van der Waals surface area contributed by atoms with E-state index < -0.39 is 31.4 Å². The minimum absolute atomic E-state index is 0.00794. The Hall–Kier alpha value is -3.33. The highest BCUT2D eigenvalue weighted by Crippen LogP contribution is 2.25. The summed E-state index contributed by atoms with van der Waals surface area (Å²) in [5, 5.41) is 2.57. The zero-order chi connectivity index (χ0) is 34.3. The van der Waals surface area contributed by atoms with Crippen molar-refractivity contribution in [3.8, 4) is 0 Å². The molecular formula is C32H50N4O8S2. The Kier molecular flexibility index (Phi) is 15.8. The first-order valence-electron chi connectivity index (χ1n) is 15.1. The van der Waals surface area contributed by atoms with Gasteiger partial charge < -0.3 is 28.7 Å². The number of aryl methyl sites for hydroxylation is 2. The van der Waals surface area contributed by atoms with Gasteiger partial charge >= 0.3 is 6.09 Å². The number of ether oxygens (including phenoxy) is 4. The molecule has 2 aromatic rings. The molecule has 14 heteroatoms. The van der Waals surface area contributed by atoms with E-state index in [1.807, 2.05) is 45.0 Å². The number of nitrogens with one attached hydrogen (secondary N) is 1. The molecule has 1 amide bonds. The van der Waals surface area contributed by atoms with Gasteiger partial charge in [0.15, 0.2) is 11.8 Å². The van der Waals surface area contributed by atoms with Gasteiger partial charge in [0, 0.05) is 70.6 Å². The standard InChI is InChI=1S/C32H50N4O8S2/c1-9-35(15-17-41-6)28-11-13-30(25(3)21-28)33-27(5)43-19-20-45(8,38)24-46(39,40)23-44-32(37)34-31-14-12-29(22-26(31)4)36(10-2)16-18-42-7/h11-14,21-22,24H,9-10,15-20,23H2,1-8H3,(H,34,37). The number of anilines is 3. The highest BCUT2D eigenvalue weighted by atomic mass is 32.3. The minimum atomic E-state index is -4.09. The third-order valence-electron chi connectivity index (χ3n) is 7.03. The van der Waals surface area contributed by atoms with Crippen molar-refractivity contribution in [1.29, 1.82) is 0 Å². The van der Waals surface area contributed by atoms with Gasteiger partial charge in [0.25, 0.3) is 0 Å². The molecule has 0 fully saturated rings. The maximum absolute atomic E-state index is 13.0. The number of hydrogen-bond donors (Lipinski definition) is 1. The van der Waals surface area contributed by atoms with Crippen LogP contribution in [0.15, 0.2) is 41.4 Å². The van der Waals surface area contributed by atoms with E-state index in [0.717, 1.165) is 59.1 Å². The summed E-state index contributed by atoms with van der Waals surface area (Å²) in [5.74, 6) is -0.640. The fourth-order valence-electron chi connectivity index (χ4n) is 4.51. The second kappa shape index (κ2) is 18.7. The van der Waals surface area contributed by atoms with E-state index >= 15 is 0 Å². The minimum Gasteiger partial charge on any atom is -0.480 e.